The van der Waals surface area contributed by atoms with Crippen molar-refractivity contribution in [2.75, 3.05) is 13.2 Å². The fourth-order valence-electron chi connectivity index (χ4n) is 4.15. The van der Waals surface area contributed by atoms with Gasteiger partial charge in [0.25, 0.3) is 5.91 Å². The maximum absolute atomic E-state index is 13.6. The molecule has 2 aromatic carbocycles. The van der Waals surface area contributed by atoms with Gasteiger partial charge in [-0.05, 0) is 69.0 Å². The van der Waals surface area contributed by atoms with E-state index in [2.05, 4.69) is 16.3 Å². The van der Waals surface area contributed by atoms with E-state index < -0.39 is 0 Å². The topological polar surface area (TPSA) is 92.2 Å². The number of hydrogen-bond donors (Lipinski definition) is 0. The summed E-state index contributed by atoms with van der Waals surface area (Å²) in [6.07, 6.45) is 3.07. The molecule has 1 aromatic heterocycles. The van der Waals surface area contributed by atoms with Crippen molar-refractivity contribution in [2.24, 2.45) is 0 Å². The van der Waals surface area contributed by atoms with Crippen molar-refractivity contribution < 1.29 is 18.3 Å². The van der Waals surface area contributed by atoms with E-state index in [-0.39, 0.29) is 23.7 Å². The SMILES string of the molecule is CCOc1cc(C)c(C#N)cc1C(=O)N1CCCCC1Cc1nnc(-c2cccc(F)c2)o1. The Balaban J connectivity index is 1.58. The molecule has 1 unspecified atom stereocenters. The average Bonchev–Trinajstić information content (AvgIpc) is 3.28. The minimum absolute atomic E-state index is 0.131. The molecule has 4 rings (SSSR count). The standard InChI is InChI=1S/C25H25FN4O3/c1-3-32-22-11-16(2)18(15-27)13-21(22)25(31)30-10-5-4-9-20(30)14-23-28-29-24(33-23)17-7-6-8-19(26)12-17/h6-8,11-13,20H,3-5,9-10,14H2,1-2H3. The monoisotopic (exact) mass is 448 g/mol. The third-order valence-corrected chi connectivity index (χ3v) is 5.81. The highest BCUT2D eigenvalue weighted by Crippen LogP contribution is 2.29. The lowest BCUT2D eigenvalue weighted by Crippen LogP contribution is -2.45. The number of nitrogens with zero attached hydrogens (tertiary/aromatic N) is 4. The van der Waals surface area contributed by atoms with Gasteiger partial charge < -0.3 is 14.1 Å². The van der Waals surface area contributed by atoms with Crippen molar-refractivity contribution in [1.82, 2.24) is 15.1 Å². The number of benzene rings is 2. The first-order chi connectivity index (χ1) is 16.0. The van der Waals surface area contributed by atoms with Crippen LogP contribution in [0.2, 0.25) is 0 Å². The molecule has 0 bridgehead atoms. The minimum Gasteiger partial charge on any atom is -0.493 e. The fourth-order valence-corrected chi connectivity index (χ4v) is 4.15. The number of ether oxygens (including phenoxy) is 1. The summed E-state index contributed by atoms with van der Waals surface area (Å²) in [5.41, 5.74) is 2.11. The predicted octanol–water partition coefficient (Wildman–Crippen LogP) is 4.69. The molecule has 0 spiro atoms. The number of halogens is 1. The van der Waals surface area contributed by atoms with Crippen molar-refractivity contribution >= 4 is 5.91 Å². The van der Waals surface area contributed by atoms with E-state index in [0.717, 1.165) is 24.8 Å². The maximum atomic E-state index is 13.6. The van der Waals surface area contributed by atoms with Gasteiger partial charge in [0.2, 0.25) is 11.8 Å². The summed E-state index contributed by atoms with van der Waals surface area (Å²) >= 11 is 0. The molecule has 0 N–H and O–H groups in total. The van der Waals surface area contributed by atoms with Crippen LogP contribution in [0, 0.1) is 24.1 Å². The Morgan fingerprint density at radius 2 is 2.15 bits per heavy atom. The molecule has 1 aliphatic rings. The molecule has 3 aromatic rings. The predicted molar refractivity (Wildman–Crippen MR) is 119 cm³/mol. The van der Waals surface area contributed by atoms with E-state index in [4.69, 9.17) is 9.15 Å². The Kier molecular flexibility index (Phi) is 6.68. The van der Waals surface area contributed by atoms with Gasteiger partial charge in [0.15, 0.2) is 0 Å². The van der Waals surface area contributed by atoms with E-state index >= 15 is 0 Å². The van der Waals surface area contributed by atoms with Gasteiger partial charge in [0.05, 0.1) is 23.8 Å². The Morgan fingerprint density at radius 1 is 1.30 bits per heavy atom. The van der Waals surface area contributed by atoms with Crippen LogP contribution < -0.4 is 4.74 Å². The minimum atomic E-state index is -0.378. The van der Waals surface area contributed by atoms with Crippen LogP contribution in [0.4, 0.5) is 4.39 Å². The summed E-state index contributed by atoms with van der Waals surface area (Å²) in [7, 11) is 0. The molecule has 1 fully saturated rings. The van der Waals surface area contributed by atoms with Crippen molar-refractivity contribution in [3.05, 3.63) is 64.8 Å². The number of likely N-dealkylation sites (tertiary alicyclic amines) is 1. The Hall–Kier alpha value is -3.73. The lowest BCUT2D eigenvalue weighted by atomic mass is 9.97. The fraction of sp³-hybridized carbons (Fsp3) is 0.360. The number of piperidine rings is 1. The first kappa shape index (κ1) is 22.5. The summed E-state index contributed by atoms with van der Waals surface area (Å²) < 4.78 is 25.0. The second-order valence-electron chi connectivity index (χ2n) is 8.07. The van der Waals surface area contributed by atoms with Crippen LogP contribution in [0.1, 0.15) is 53.6 Å². The molecule has 0 saturated carbocycles. The van der Waals surface area contributed by atoms with Crippen LogP contribution >= 0.6 is 0 Å². The number of carbonyl (C=O) groups excluding carboxylic acids is 1. The van der Waals surface area contributed by atoms with Crippen molar-refractivity contribution in [2.45, 2.75) is 45.6 Å². The van der Waals surface area contributed by atoms with Crippen molar-refractivity contribution in [3.63, 3.8) is 0 Å². The van der Waals surface area contributed by atoms with E-state index in [0.29, 0.717) is 47.9 Å². The number of aryl methyl sites for hydroxylation is 1. The molecule has 1 saturated heterocycles. The number of rotatable bonds is 6. The number of nitriles is 1. The summed E-state index contributed by atoms with van der Waals surface area (Å²) in [5.74, 6) is 0.565. The molecule has 33 heavy (non-hydrogen) atoms. The summed E-state index contributed by atoms with van der Waals surface area (Å²) in [6.45, 7) is 4.69. The largest absolute Gasteiger partial charge is 0.493 e. The average molecular weight is 448 g/mol. The third-order valence-electron chi connectivity index (χ3n) is 5.81. The number of aromatic nitrogens is 2. The van der Waals surface area contributed by atoms with Crippen LogP contribution in [-0.2, 0) is 6.42 Å². The molecular formula is C25H25FN4O3. The molecule has 0 aliphatic carbocycles. The van der Waals surface area contributed by atoms with E-state index in [1.54, 1.807) is 24.3 Å². The summed E-state index contributed by atoms with van der Waals surface area (Å²) in [6, 6.07) is 11.4. The molecule has 1 atom stereocenters. The molecule has 2 heterocycles. The van der Waals surface area contributed by atoms with Crippen LogP contribution in [0.25, 0.3) is 11.5 Å². The molecule has 0 radical (unpaired) electrons. The number of amides is 1. The summed E-state index contributed by atoms with van der Waals surface area (Å²) in [4.78, 5) is 15.4. The van der Waals surface area contributed by atoms with Crippen molar-refractivity contribution in [1.29, 1.82) is 5.26 Å². The molecule has 8 heteroatoms. The normalized spacial score (nSPS) is 15.8. The zero-order valence-corrected chi connectivity index (χ0v) is 18.7. The number of carbonyl (C=O) groups is 1. The molecule has 1 amide bonds. The lowest BCUT2D eigenvalue weighted by molar-refractivity contribution is 0.0601. The van der Waals surface area contributed by atoms with E-state index in [1.807, 2.05) is 18.7 Å². The lowest BCUT2D eigenvalue weighted by Gasteiger charge is -2.35. The first-order valence-corrected chi connectivity index (χ1v) is 11.1. The zero-order chi connectivity index (χ0) is 23.4. The molecule has 170 valence electrons. The second kappa shape index (κ2) is 9.82. The Bertz CT molecular complexity index is 1200. The highest BCUT2D eigenvalue weighted by molar-refractivity contribution is 5.97. The zero-order valence-electron chi connectivity index (χ0n) is 18.7. The van der Waals surface area contributed by atoms with Gasteiger partial charge in [-0.3, -0.25) is 4.79 Å². The highest BCUT2D eigenvalue weighted by atomic mass is 19.1. The molecule has 7 nitrogen and oxygen atoms in total. The van der Waals surface area contributed by atoms with Crippen LogP contribution in [0.5, 0.6) is 5.75 Å². The second-order valence-corrected chi connectivity index (χ2v) is 8.07. The Morgan fingerprint density at radius 3 is 2.91 bits per heavy atom. The van der Waals surface area contributed by atoms with Gasteiger partial charge in [-0.1, -0.05) is 6.07 Å². The van der Waals surface area contributed by atoms with Gasteiger partial charge in [-0.2, -0.15) is 5.26 Å². The molecule has 1 aliphatic heterocycles. The Labute approximate surface area is 191 Å². The first-order valence-electron chi connectivity index (χ1n) is 11.1. The van der Waals surface area contributed by atoms with E-state index in [1.165, 1.54) is 12.1 Å². The van der Waals surface area contributed by atoms with E-state index in [9.17, 15) is 14.4 Å². The highest BCUT2D eigenvalue weighted by Gasteiger charge is 2.31. The van der Waals surface area contributed by atoms with Gasteiger partial charge in [0.1, 0.15) is 11.6 Å². The van der Waals surface area contributed by atoms with Gasteiger partial charge in [-0.25, -0.2) is 4.39 Å². The quantitative estimate of drug-likeness (QED) is 0.543. The summed E-state index contributed by atoms with van der Waals surface area (Å²) in [5, 5.41) is 17.6. The van der Waals surface area contributed by atoms with Gasteiger partial charge >= 0.3 is 0 Å². The van der Waals surface area contributed by atoms with Crippen LogP contribution in [0.3, 0.4) is 0 Å². The van der Waals surface area contributed by atoms with Crippen molar-refractivity contribution in [3.8, 4) is 23.3 Å². The smallest absolute Gasteiger partial charge is 0.257 e. The molecular weight excluding hydrogens is 423 g/mol. The number of hydrogen-bond acceptors (Lipinski definition) is 6. The van der Waals surface area contributed by atoms with Gasteiger partial charge in [-0.15, -0.1) is 10.2 Å². The van der Waals surface area contributed by atoms with Crippen LogP contribution in [-0.4, -0.2) is 40.2 Å². The third kappa shape index (κ3) is 4.87. The van der Waals surface area contributed by atoms with Gasteiger partial charge in [0, 0.05) is 24.6 Å². The maximum Gasteiger partial charge on any atom is 0.257 e. The van der Waals surface area contributed by atoms with Crippen LogP contribution in [0.15, 0.2) is 40.8 Å².